The van der Waals surface area contributed by atoms with E-state index in [1.165, 1.54) is 32.1 Å². The molecule has 5 heteroatoms. The van der Waals surface area contributed by atoms with Crippen molar-refractivity contribution in [3.8, 4) is 0 Å². The third kappa shape index (κ3) is 4.85. The summed E-state index contributed by atoms with van der Waals surface area (Å²) in [5.41, 5.74) is 0. The zero-order valence-corrected chi connectivity index (χ0v) is 15.7. The van der Waals surface area contributed by atoms with Crippen LogP contribution in [0.25, 0.3) is 0 Å². The van der Waals surface area contributed by atoms with Gasteiger partial charge in [0, 0.05) is 45.3 Å². The minimum absolute atomic E-state index is 0.674. The topological polar surface area (TPSA) is 40.1 Å². The molecule has 0 bridgehead atoms. The molecule has 2 aliphatic heterocycles. The van der Waals surface area contributed by atoms with Gasteiger partial charge in [-0.05, 0) is 38.0 Å². The van der Waals surface area contributed by atoms with Crippen molar-refractivity contribution in [1.29, 1.82) is 0 Å². The van der Waals surface area contributed by atoms with Crippen LogP contribution < -0.4 is 5.32 Å². The second-order valence-electron chi connectivity index (χ2n) is 7.87. The molecule has 0 radical (unpaired) electrons. The molecule has 1 aliphatic carbocycles. The zero-order valence-electron chi connectivity index (χ0n) is 15.7. The van der Waals surface area contributed by atoms with Gasteiger partial charge in [0.05, 0.1) is 13.2 Å². The number of guanidine groups is 1. The van der Waals surface area contributed by atoms with Gasteiger partial charge in [-0.1, -0.05) is 19.8 Å². The van der Waals surface area contributed by atoms with E-state index in [0.717, 1.165) is 70.3 Å². The van der Waals surface area contributed by atoms with Gasteiger partial charge in [0.15, 0.2) is 5.96 Å². The summed E-state index contributed by atoms with van der Waals surface area (Å²) in [6.07, 6.45) is 6.78. The van der Waals surface area contributed by atoms with Gasteiger partial charge in [0.2, 0.25) is 0 Å². The Balaban J connectivity index is 1.53. The number of morpholine rings is 1. The highest BCUT2D eigenvalue weighted by atomic mass is 16.5. The lowest BCUT2D eigenvalue weighted by molar-refractivity contribution is 0.0195. The van der Waals surface area contributed by atoms with Gasteiger partial charge in [-0.25, -0.2) is 0 Å². The maximum absolute atomic E-state index is 5.50. The van der Waals surface area contributed by atoms with E-state index in [9.17, 15) is 0 Å². The molecule has 3 unspecified atom stereocenters. The fourth-order valence-corrected chi connectivity index (χ4v) is 4.54. The molecule has 0 aromatic carbocycles. The quantitative estimate of drug-likeness (QED) is 0.631. The molecule has 3 aliphatic rings. The number of rotatable bonds is 4. The first-order chi connectivity index (χ1) is 11.8. The predicted molar refractivity (Wildman–Crippen MR) is 99.5 cm³/mol. The molecule has 0 aromatic rings. The predicted octanol–water partition coefficient (Wildman–Crippen LogP) is 2.18. The monoisotopic (exact) mass is 336 g/mol. The van der Waals surface area contributed by atoms with Crippen LogP contribution in [0.15, 0.2) is 4.99 Å². The van der Waals surface area contributed by atoms with Gasteiger partial charge in [-0.3, -0.25) is 9.89 Å². The Bertz CT molecular complexity index is 408. The molecule has 1 saturated carbocycles. The third-order valence-electron chi connectivity index (χ3n) is 5.90. The molecule has 1 N–H and O–H groups in total. The number of nitrogens with one attached hydrogen (secondary N) is 1. The van der Waals surface area contributed by atoms with Crippen molar-refractivity contribution in [1.82, 2.24) is 15.1 Å². The van der Waals surface area contributed by atoms with Crippen molar-refractivity contribution >= 4 is 5.96 Å². The SMILES string of the molecule is CCNC(=NCC1CCCC(C)C1)N1CCC(N2CCOCC2)C1. The Morgan fingerprint density at radius 3 is 2.75 bits per heavy atom. The molecule has 3 fully saturated rings. The van der Waals surface area contributed by atoms with Gasteiger partial charge in [-0.2, -0.15) is 0 Å². The molecule has 5 nitrogen and oxygen atoms in total. The van der Waals surface area contributed by atoms with Gasteiger partial charge >= 0.3 is 0 Å². The first-order valence-corrected chi connectivity index (χ1v) is 10.1. The normalized spacial score (nSPS) is 33.0. The lowest BCUT2D eigenvalue weighted by atomic mass is 9.82. The summed E-state index contributed by atoms with van der Waals surface area (Å²) in [6, 6.07) is 0.674. The number of aliphatic imine (C=N–C) groups is 1. The summed E-state index contributed by atoms with van der Waals surface area (Å²) in [7, 11) is 0. The van der Waals surface area contributed by atoms with Crippen molar-refractivity contribution in [3.05, 3.63) is 0 Å². The molecule has 0 amide bonds. The average molecular weight is 337 g/mol. The fraction of sp³-hybridized carbons (Fsp3) is 0.947. The highest BCUT2D eigenvalue weighted by Crippen LogP contribution is 2.28. The minimum atomic E-state index is 0.674. The Morgan fingerprint density at radius 2 is 2.00 bits per heavy atom. The van der Waals surface area contributed by atoms with E-state index in [2.05, 4.69) is 29.0 Å². The van der Waals surface area contributed by atoms with Crippen LogP contribution in [-0.2, 0) is 4.74 Å². The van der Waals surface area contributed by atoms with Gasteiger partial charge < -0.3 is 15.0 Å². The molecule has 0 aromatic heterocycles. The molecule has 2 heterocycles. The Kier molecular flexibility index (Phi) is 6.78. The van der Waals surface area contributed by atoms with Gasteiger partial charge in [-0.15, -0.1) is 0 Å². The highest BCUT2D eigenvalue weighted by Gasteiger charge is 2.30. The summed E-state index contributed by atoms with van der Waals surface area (Å²) in [5.74, 6) is 2.82. The van der Waals surface area contributed by atoms with Crippen LogP contribution >= 0.6 is 0 Å². The number of nitrogens with zero attached hydrogens (tertiary/aromatic N) is 3. The van der Waals surface area contributed by atoms with E-state index in [-0.39, 0.29) is 0 Å². The lowest BCUT2D eigenvalue weighted by Crippen LogP contribution is -2.46. The smallest absolute Gasteiger partial charge is 0.193 e. The summed E-state index contributed by atoms with van der Waals surface area (Å²) in [5, 5.41) is 3.53. The van der Waals surface area contributed by atoms with E-state index in [1.807, 2.05) is 0 Å². The Hall–Kier alpha value is -0.810. The van der Waals surface area contributed by atoms with Crippen molar-refractivity contribution in [2.24, 2.45) is 16.8 Å². The second kappa shape index (κ2) is 9.04. The van der Waals surface area contributed by atoms with Crippen LogP contribution in [0.3, 0.4) is 0 Å². The number of hydrogen-bond donors (Lipinski definition) is 1. The summed E-state index contributed by atoms with van der Waals surface area (Å²) >= 11 is 0. The second-order valence-corrected chi connectivity index (χ2v) is 7.87. The molecule has 2 saturated heterocycles. The third-order valence-corrected chi connectivity index (χ3v) is 5.90. The van der Waals surface area contributed by atoms with E-state index < -0.39 is 0 Å². The van der Waals surface area contributed by atoms with Crippen molar-refractivity contribution in [2.75, 3.05) is 52.5 Å². The molecule has 3 rings (SSSR count). The standard InChI is InChI=1S/C19H36N4O/c1-3-20-19(21-14-17-6-4-5-16(2)13-17)23-8-7-18(15-23)22-9-11-24-12-10-22/h16-18H,3-15H2,1-2H3,(H,20,21). The Labute approximate surface area is 147 Å². The van der Waals surface area contributed by atoms with Crippen molar-refractivity contribution in [3.63, 3.8) is 0 Å². The van der Waals surface area contributed by atoms with Crippen molar-refractivity contribution < 1.29 is 4.74 Å². The Morgan fingerprint density at radius 1 is 1.17 bits per heavy atom. The number of hydrogen-bond acceptors (Lipinski definition) is 3. The molecule has 0 spiro atoms. The number of likely N-dealkylation sites (tertiary alicyclic amines) is 1. The first kappa shape index (κ1) is 18.0. The molecular formula is C19H36N4O. The van der Waals surface area contributed by atoms with Crippen molar-refractivity contribution in [2.45, 2.75) is 52.0 Å². The largest absolute Gasteiger partial charge is 0.379 e. The van der Waals surface area contributed by atoms with Gasteiger partial charge in [0.1, 0.15) is 0 Å². The summed E-state index contributed by atoms with van der Waals surface area (Å²) < 4.78 is 5.50. The maximum Gasteiger partial charge on any atom is 0.193 e. The average Bonchev–Trinajstić information content (AvgIpc) is 3.09. The number of ether oxygens (including phenoxy) is 1. The summed E-state index contributed by atoms with van der Waals surface area (Å²) in [6.45, 7) is 12.8. The van der Waals surface area contributed by atoms with Crippen LogP contribution in [0, 0.1) is 11.8 Å². The molecule has 24 heavy (non-hydrogen) atoms. The maximum atomic E-state index is 5.50. The molecule has 138 valence electrons. The van der Waals surface area contributed by atoms with Crippen LogP contribution in [0.4, 0.5) is 0 Å². The zero-order chi connectivity index (χ0) is 16.8. The lowest BCUT2D eigenvalue weighted by Gasteiger charge is -2.32. The van der Waals surface area contributed by atoms with Crippen LogP contribution in [0.2, 0.25) is 0 Å². The van der Waals surface area contributed by atoms with E-state index >= 15 is 0 Å². The van der Waals surface area contributed by atoms with Crippen LogP contribution in [0.5, 0.6) is 0 Å². The van der Waals surface area contributed by atoms with E-state index in [0.29, 0.717) is 6.04 Å². The van der Waals surface area contributed by atoms with E-state index in [4.69, 9.17) is 9.73 Å². The summed E-state index contributed by atoms with van der Waals surface area (Å²) in [4.78, 5) is 10.1. The highest BCUT2D eigenvalue weighted by molar-refractivity contribution is 5.80. The molecular weight excluding hydrogens is 300 g/mol. The van der Waals surface area contributed by atoms with Gasteiger partial charge in [0.25, 0.3) is 0 Å². The van der Waals surface area contributed by atoms with E-state index in [1.54, 1.807) is 0 Å². The molecule has 3 atom stereocenters. The van der Waals surface area contributed by atoms with Crippen LogP contribution in [0.1, 0.15) is 46.0 Å². The van der Waals surface area contributed by atoms with Crippen LogP contribution in [-0.4, -0.2) is 74.3 Å². The first-order valence-electron chi connectivity index (χ1n) is 10.1. The minimum Gasteiger partial charge on any atom is -0.379 e. The fourth-order valence-electron chi connectivity index (χ4n) is 4.54.